The third-order valence-corrected chi connectivity index (χ3v) is 5.65. The van der Waals surface area contributed by atoms with E-state index in [0.29, 0.717) is 18.0 Å². The molecule has 4 nitrogen and oxygen atoms in total. The van der Waals surface area contributed by atoms with E-state index in [1.54, 1.807) is 17.8 Å². The minimum absolute atomic E-state index is 0.402. The molecule has 0 aliphatic heterocycles. The van der Waals surface area contributed by atoms with Crippen molar-refractivity contribution in [2.45, 2.75) is 38.6 Å². The molecule has 0 atom stereocenters. The van der Waals surface area contributed by atoms with Crippen molar-refractivity contribution in [1.82, 2.24) is 10.0 Å². The molecule has 0 spiro atoms. The van der Waals surface area contributed by atoms with Crippen molar-refractivity contribution in [2.75, 3.05) is 25.1 Å². The zero-order valence-electron chi connectivity index (χ0n) is 13.3. The van der Waals surface area contributed by atoms with E-state index < -0.39 is 10.0 Å². The third kappa shape index (κ3) is 5.62. The molecule has 1 rings (SSSR count). The van der Waals surface area contributed by atoms with Gasteiger partial charge in [0.2, 0.25) is 10.0 Å². The van der Waals surface area contributed by atoms with Crippen molar-refractivity contribution in [1.29, 1.82) is 0 Å². The van der Waals surface area contributed by atoms with Gasteiger partial charge in [-0.25, -0.2) is 13.1 Å². The summed E-state index contributed by atoms with van der Waals surface area (Å²) in [4.78, 5) is 0.402. The summed E-state index contributed by atoms with van der Waals surface area (Å²) >= 11 is 1.72. The molecule has 0 aliphatic carbocycles. The fraction of sp³-hybridized carbons (Fsp3) is 0.600. The first-order chi connectivity index (χ1) is 9.92. The quantitative estimate of drug-likeness (QED) is 0.683. The lowest BCUT2D eigenvalue weighted by Crippen LogP contribution is -2.26. The van der Waals surface area contributed by atoms with Crippen LogP contribution < -0.4 is 10.0 Å². The van der Waals surface area contributed by atoms with Gasteiger partial charge in [0.05, 0.1) is 4.90 Å². The lowest BCUT2D eigenvalue weighted by Gasteiger charge is -2.14. The van der Waals surface area contributed by atoms with Gasteiger partial charge in [-0.15, -0.1) is 0 Å². The standard InChI is InChI=1S/C15H26N2O2S2/c1-5-16-11-14-9-12(2)13(3)15(10-14)21(18,19)17-7-6-8-20-4/h9-10,16-17H,5-8,11H2,1-4H3. The molecule has 0 fully saturated rings. The lowest BCUT2D eigenvalue weighted by molar-refractivity contribution is 0.580. The zero-order valence-corrected chi connectivity index (χ0v) is 15.0. The van der Waals surface area contributed by atoms with E-state index >= 15 is 0 Å². The average molecular weight is 331 g/mol. The highest BCUT2D eigenvalue weighted by molar-refractivity contribution is 7.98. The maximum absolute atomic E-state index is 12.5. The molecule has 0 aromatic heterocycles. The number of sulfonamides is 1. The van der Waals surface area contributed by atoms with Gasteiger partial charge in [-0.1, -0.05) is 13.0 Å². The van der Waals surface area contributed by atoms with E-state index in [-0.39, 0.29) is 0 Å². The van der Waals surface area contributed by atoms with E-state index in [2.05, 4.69) is 10.0 Å². The van der Waals surface area contributed by atoms with Crippen LogP contribution in [0.3, 0.4) is 0 Å². The zero-order chi connectivity index (χ0) is 15.9. The van der Waals surface area contributed by atoms with E-state index in [4.69, 9.17) is 0 Å². The summed E-state index contributed by atoms with van der Waals surface area (Å²) in [7, 11) is -3.43. The summed E-state index contributed by atoms with van der Waals surface area (Å²) < 4.78 is 27.6. The van der Waals surface area contributed by atoms with E-state index in [0.717, 1.165) is 35.4 Å². The van der Waals surface area contributed by atoms with Crippen LogP contribution in [0.25, 0.3) is 0 Å². The van der Waals surface area contributed by atoms with Crippen LogP contribution >= 0.6 is 11.8 Å². The summed E-state index contributed by atoms with van der Waals surface area (Å²) in [6.45, 7) is 7.89. The molecule has 0 amide bonds. The Morgan fingerprint density at radius 3 is 2.57 bits per heavy atom. The smallest absolute Gasteiger partial charge is 0.240 e. The number of aryl methyl sites for hydroxylation is 1. The normalized spacial score (nSPS) is 11.8. The Morgan fingerprint density at radius 1 is 1.24 bits per heavy atom. The molecule has 0 saturated heterocycles. The molecule has 0 saturated carbocycles. The Morgan fingerprint density at radius 2 is 1.95 bits per heavy atom. The largest absolute Gasteiger partial charge is 0.313 e. The highest BCUT2D eigenvalue weighted by Gasteiger charge is 2.18. The van der Waals surface area contributed by atoms with Crippen LogP contribution in [0.5, 0.6) is 0 Å². The van der Waals surface area contributed by atoms with Crippen LogP contribution in [0.15, 0.2) is 17.0 Å². The van der Waals surface area contributed by atoms with Gasteiger partial charge in [0.1, 0.15) is 0 Å². The molecular weight excluding hydrogens is 304 g/mol. The highest BCUT2D eigenvalue weighted by atomic mass is 32.2. The van der Waals surface area contributed by atoms with Crippen molar-refractivity contribution in [3.8, 4) is 0 Å². The van der Waals surface area contributed by atoms with Crippen molar-refractivity contribution >= 4 is 21.8 Å². The topological polar surface area (TPSA) is 58.2 Å². The van der Waals surface area contributed by atoms with Crippen molar-refractivity contribution in [3.05, 3.63) is 28.8 Å². The van der Waals surface area contributed by atoms with Crippen molar-refractivity contribution in [2.24, 2.45) is 0 Å². The van der Waals surface area contributed by atoms with E-state index in [1.165, 1.54) is 0 Å². The second kappa shape index (κ2) is 8.78. The van der Waals surface area contributed by atoms with E-state index in [9.17, 15) is 8.42 Å². The fourth-order valence-electron chi connectivity index (χ4n) is 2.05. The first-order valence-corrected chi connectivity index (χ1v) is 10.1. The molecule has 1 aromatic carbocycles. The van der Waals surface area contributed by atoms with Crippen molar-refractivity contribution in [3.63, 3.8) is 0 Å². The number of nitrogens with one attached hydrogen (secondary N) is 2. The first-order valence-electron chi connectivity index (χ1n) is 7.21. The molecule has 1 aromatic rings. The van der Waals surface area contributed by atoms with E-state index in [1.807, 2.05) is 33.1 Å². The van der Waals surface area contributed by atoms with Crippen LogP contribution in [0, 0.1) is 13.8 Å². The Bertz CT molecular complexity index is 557. The highest BCUT2D eigenvalue weighted by Crippen LogP contribution is 2.21. The monoisotopic (exact) mass is 330 g/mol. The van der Waals surface area contributed by atoms with Crippen LogP contribution in [0.1, 0.15) is 30.0 Å². The van der Waals surface area contributed by atoms with Crippen molar-refractivity contribution < 1.29 is 8.42 Å². The summed E-state index contributed by atoms with van der Waals surface area (Å²) in [5.41, 5.74) is 2.84. The number of thioether (sulfide) groups is 1. The molecule has 0 radical (unpaired) electrons. The average Bonchev–Trinajstić information content (AvgIpc) is 2.44. The molecule has 0 unspecified atom stereocenters. The third-order valence-electron chi connectivity index (χ3n) is 3.37. The Balaban J connectivity index is 2.95. The van der Waals surface area contributed by atoms with Gasteiger partial charge < -0.3 is 5.32 Å². The lowest BCUT2D eigenvalue weighted by atomic mass is 10.1. The van der Waals surface area contributed by atoms with Gasteiger partial charge in [0.15, 0.2) is 0 Å². The molecule has 21 heavy (non-hydrogen) atoms. The van der Waals surface area contributed by atoms with Crippen LogP contribution in [-0.4, -0.2) is 33.5 Å². The molecule has 6 heteroatoms. The fourth-order valence-corrected chi connectivity index (χ4v) is 3.92. The summed E-state index contributed by atoms with van der Waals surface area (Å²) in [6, 6.07) is 3.83. The Labute approximate surface area is 133 Å². The number of benzene rings is 1. The van der Waals surface area contributed by atoms with Gasteiger partial charge in [0.25, 0.3) is 0 Å². The minimum atomic E-state index is -3.43. The molecule has 0 bridgehead atoms. The second-order valence-electron chi connectivity index (χ2n) is 5.06. The predicted molar refractivity (Wildman–Crippen MR) is 91.5 cm³/mol. The molecule has 120 valence electrons. The molecule has 0 heterocycles. The van der Waals surface area contributed by atoms with Gasteiger partial charge in [-0.2, -0.15) is 11.8 Å². The molecule has 2 N–H and O–H groups in total. The van der Waals surface area contributed by atoms with Crippen LogP contribution in [0.2, 0.25) is 0 Å². The number of hydrogen-bond donors (Lipinski definition) is 2. The summed E-state index contributed by atoms with van der Waals surface area (Å²) in [5, 5.41) is 3.23. The predicted octanol–water partition coefficient (Wildman–Crippen LogP) is 2.44. The second-order valence-corrected chi connectivity index (χ2v) is 7.78. The van der Waals surface area contributed by atoms with Gasteiger partial charge in [-0.3, -0.25) is 0 Å². The molecule has 0 aliphatic rings. The Kier molecular flexibility index (Phi) is 7.73. The van der Waals surface area contributed by atoms with Gasteiger partial charge >= 0.3 is 0 Å². The van der Waals surface area contributed by atoms with Crippen LogP contribution in [-0.2, 0) is 16.6 Å². The van der Waals surface area contributed by atoms with Crippen LogP contribution in [0.4, 0.5) is 0 Å². The van der Waals surface area contributed by atoms with Gasteiger partial charge in [-0.05, 0) is 61.6 Å². The SMILES string of the molecule is CCNCc1cc(C)c(C)c(S(=O)(=O)NCCCSC)c1. The summed E-state index contributed by atoms with van der Waals surface area (Å²) in [5.74, 6) is 0.959. The number of rotatable bonds is 9. The minimum Gasteiger partial charge on any atom is -0.313 e. The maximum atomic E-state index is 12.5. The number of hydrogen-bond acceptors (Lipinski definition) is 4. The summed E-state index contributed by atoms with van der Waals surface area (Å²) in [6.07, 6.45) is 2.86. The van der Waals surface area contributed by atoms with Gasteiger partial charge in [0, 0.05) is 13.1 Å². The molecular formula is C15H26N2O2S2. The maximum Gasteiger partial charge on any atom is 0.240 e. The first kappa shape index (κ1) is 18.5. The Hall–Kier alpha value is -0.560.